The van der Waals surface area contributed by atoms with Gasteiger partial charge in [-0.15, -0.1) is 0 Å². The molecule has 0 saturated heterocycles. The summed E-state index contributed by atoms with van der Waals surface area (Å²) in [7, 11) is 0. The maximum atomic E-state index is 12.7. The highest BCUT2D eigenvalue weighted by Gasteiger charge is 2.19. The van der Waals surface area contributed by atoms with Crippen LogP contribution in [0.3, 0.4) is 0 Å². The molecule has 0 bridgehead atoms. The van der Waals surface area contributed by atoms with E-state index in [9.17, 15) is 14.4 Å². The highest BCUT2D eigenvalue weighted by molar-refractivity contribution is 5.71. The van der Waals surface area contributed by atoms with E-state index in [-0.39, 0.29) is 31.6 Å². The smallest absolute Gasteiger partial charge is 0.306 e. The lowest BCUT2D eigenvalue weighted by molar-refractivity contribution is -0.166. The largest absolute Gasteiger partial charge is 0.462 e. The van der Waals surface area contributed by atoms with Crippen molar-refractivity contribution in [3.63, 3.8) is 0 Å². The Morgan fingerprint density at radius 1 is 0.328 bits per heavy atom. The SMILES string of the molecule is CC/C=C\C/C=C\C/C=C\C/C=C\C/C=C\C/C=C\CCC(=O)OC(COC(=O)CCCCCCCC)COC(=O)CCCCCCCCCCC/C=C\C/C=C\CCCCCCC. The van der Waals surface area contributed by atoms with Crippen molar-refractivity contribution in [2.24, 2.45) is 0 Å². The van der Waals surface area contributed by atoms with Gasteiger partial charge >= 0.3 is 17.9 Å². The Bertz CT molecular complexity index is 1300. The third-order valence-electron chi connectivity index (χ3n) is 10.8. The molecular weight excluding hydrogens is 793 g/mol. The van der Waals surface area contributed by atoms with E-state index in [0.717, 1.165) is 83.5 Å². The van der Waals surface area contributed by atoms with Crippen LogP contribution in [0.4, 0.5) is 0 Å². The minimum atomic E-state index is -0.817. The summed E-state index contributed by atoms with van der Waals surface area (Å²) in [5.41, 5.74) is 0. The zero-order valence-electron chi connectivity index (χ0n) is 41.5. The van der Waals surface area contributed by atoms with E-state index in [1.54, 1.807) is 0 Å². The number of carbonyl (C=O) groups is 3. The van der Waals surface area contributed by atoms with Gasteiger partial charge < -0.3 is 14.2 Å². The Morgan fingerprint density at radius 3 is 1.02 bits per heavy atom. The average molecular weight is 889 g/mol. The first-order valence-corrected chi connectivity index (χ1v) is 26.2. The van der Waals surface area contributed by atoms with Gasteiger partial charge in [-0.05, 0) is 89.9 Å². The number of unbranched alkanes of at least 4 members (excludes halogenated alkanes) is 19. The van der Waals surface area contributed by atoms with E-state index in [4.69, 9.17) is 14.2 Å². The van der Waals surface area contributed by atoms with Gasteiger partial charge in [0, 0.05) is 19.3 Å². The van der Waals surface area contributed by atoms with Gasteiger partial charge in [-0.3, -0.25) is 14.4 Å². The summed E-state index contributed by atoms with van der Waals surface area (Å²) in [5, 5.41) is 0. The Morgan fingerprint density at radius 2 is 0.641 bits per heavy atom. The fourth-order valence-corrected chi connectivity index (χ4v) is 6.91. The maximum Gasteiger partial charge on any atom is 0.306 e. The summed E-state index contributed by atoms with van der Waals surface area (Å²) in [6.07, 6.45) is 68.6. The molecule has 0 rings (SSSR count). The number of ether oxygens (including phenoxy) is 3. The fourth-order valence-electron chi connectivity index (χ4n) is 6.91. The zero-order valence-corrected chi connectivity index (χ0v) is 41.5. The van der Waals surface area contributed by atoms with Gasteiger partial charge in [0.1, 0.15) is 13.2 Å². The van der Waals surface area contributed by atoms with Crippen molar-refractivity contribution in [2.75, 3.05) is 13.2 Å². The predicted molar refractivity (Wildman–Crippen MR) is 274 cm³/mol. The third-order valence-corrected chi connectivity index (χ3v) is 10.8. The van der Waals surface area contributed by atoms with E-state index in [2.05, 4.69) is 106 Å². The van der Waals surface area contributed by atoms with Gasteiger partial charge in [0.2, 0.25) is 0 Å². The molecule has 0 aromatic rings. The van der Waals surface area contributed by atoms with Gasteiger partial charge in [-0.2, -0.15) is 0 Å². The van der Waals surface area contributed by atoms with Crippen LogP contribution in [0.2, 0.25) is 0 Å². The summed E-state index contributed by atoms with van der Waals surface area (Å²) >= 11 is 0. The summed E-state index contributed by atoms with van der Waals surface area (Å²) in [6, 6.07) is 0. The van der Waals surface area contributed by atoms with Crippen LogP contribution in [0.15, 0.2) is 97.2 Å². The lowest BCUT2D eigenvalue weighted by Crippen LogP contribution is -2.30. The molecule has 6 nitrogen and oxygen atoms in total. The Hall–Kier alpha value is -3.67. The van der Waals surface area contributed by atoms with E-state index in [1.807, 2.05) is 12.2 Å². The molecule has 0 fully saturated rings. The number of carbonyl (C=O) groups excluding carboxylic acids is 3. The fraction of sp³-hybridized carbons (Fsp3) is 0.672. The Labute approximate surface area is 394 Å². The molecule has 0 aliphatic heterocycles. The minimum Gasteiger partial charge on any atom is -0.462 e. The second kappa shape index (κ2) is 52.0. The first kappa shape index (κ1) is 60.3. The van der Waals surface area contributed by atoms with Crippen LogP contribution in [-0.2, 0) is 28.6 Å². The van der Waals surface area contributed by atoms with Crippen molar-refractivity contribution in [3.05, 3.63) is 97.2 Å². The van der Waals surface area contributed by atoms with Crippen molar-refractivity contribution in [3.8, 4) is 0 Å². The number of rotatable bonds is 46. The molecule has 0 saturated carbocycles. The Kier molecular flexibility index (Phi) is 49.0. The molecule has 0 aliphatic carbocycles. The molecule has 364 valence electrons. The molecule has 0 amide bonds. The van der Waals surface area contributed by atoms with Crippen molar-refractivity contribution in [2.45, 2.75) is 239 Å². The number of allylic oxidation sites excluding steroid dienone is 16. The van der Waals surface area contributed by atoms with Gasteiger partial charge in [0.05, 0.1) is 0 Å². The highest BCUT2D eigenvalue weighted by Crippen LogP contribution is 2.13. The average Bonchev–Trinajstić information content (AvgIpc) is 3.29. The number of esters is 3. The van der Waals surface area contributed by atoms with Crippen molar-refractivity contribution >= 4 is 17.9 Å². The van der Waals surface area contributed by atoms with Crippen LogP contribution in [0, 0.1) is 0 Å². The zero-order chi connectivity index (χ0) is 46.5. The monoisotopic (exact) mass is 889 g/mol. The molecule has 0 aromatic carbocycles. The molecule has 0 spiro atoms. The third kappa shape index (κ3) is 49.3. The minimum absolute atomic E-state index is 0.110. The van der Waals surface area contributed by atoms with E-state index in [0.29, 0.717) is 19.3 Å². The molecule has 64 heavy (non-hydrogen) atoms. The maximum absolute atomic E-state index is 12.7. The Balaban J connectivity index is 4.32. The van der Waals surface area contributed by atoms with Crippen LogP contribution in [-0.4, -0.2) is 37.2 Å². The topological polar surface area (TPSA) is 78.9 Å². The predicted octanol–water partition coefficient (Wildman–Crippen LogP) is 17.4. The van der Waals surface area contributed by atoms with Crippen molar-refractivity contribution in [1.82, 2.24) is 0 Å². The summed E-state index contributed by atoms with van der Waals surface area (Å²) in [6.45, 7) is 6.38. The molecule has 6 heteroatoms. The molecule has 0 N–H and O–H groups in total. The first-order valence-electron chi connectivity index (χ1n) is 26.2. The second-order valence-corrected chi connectivity index (χ2v) is 17.1. The van der Waals surface area contributed by atoms with E-state index < -0.39 is 12.1 Å². The van der Waals surface area contributed by atoms with Crippen LogP contribution in [0.25, 0.3) is 0 Å². The normalized spacial score (nSPS) is 12.9. The summed E-state index contributed by atoms with van der Waals surface area (Å²) in [4.78, 5) is 37.7. The lowest BCUT2D eigenvalue weighted by atomic mass is 10.1. The summed E-state index contributed by atoms with van der Waals surface area (Å²) < 4.78 is 16.6. The van der Waals surface area contributed by atoms with Crippen LogP contribution < -0.4 is 0 Å². The van der Waals surface area contributed by atoms with Gasteiger partial charge in [-0.25, -0.2) is 0 Å². The first-order chi connectivity index (χ1) is 31.5. The lowest BCUT2D eigenvalue weighted by Gasteiger charge is -2.18. The molecule has 1 atom stereocenters. The molecule has 1 unspecified atom stereocenters. The van der Waals surface area contributed by atoms with Crippen LogP contribution in [0.5, 0.6) is 0 Å². The number of hydrogen-bond acceptors (Lipinski definition) is 6. The highest BCUT2D eigenvalue weighted by atomic mass is 16.6. The van der Waals surface area contributed by atoms with Crippen molar-refractivity contribution in [1.29, 1.82) is 0 Å². The van der Waals surface area contributed by atoms with Gasteiger partial charge in [-0.1, -0.05) is 221 Å². The van der Waals surface area contributed by atoms with Crippen LogP contribution >= 0.6 is 0 Å². The van der Waals surface area contributed by atoms with E-state index >= 15 is 0 Å². The molecular formula is C58H96O6. The quantitative estimate of drug-likeness (QED) is 0.0262. The van der Waals surface area contributed by atoms with Gasteiger partial charge in [0.25, 0.3) is 0 Å². The van der Waals surface area contributed by atoms with Crippen LogP contribution in [0.1, 0.15) is 233 Å². The molecule has 0 aromatic heterocycles. The second-order valence-electron chi connectivity index (χ2n) is 17.1. The van der Waals surface area contributed by atoms with E-state index in [1.165, 1.54) is 103 Å². The standard InChI is InChI=1S/C58H96O6/c1-4-7-10-13-16-18-20-22-24-26-28-29-31-32-34-36-38-40-42-45-48-51-57(60)63-54-55(53-62-56(59)50-47-44-15-12-9-6-3)64-58(61)52-49-46-43-41-39-37-35-33-30-27-25-23-21-19-17-14-11-8-5-2/h8,11,17,19-20,22-23,25-26,28,30,33,37,39,43,46,55H,4-7,9-10,12-16,18,21,24,27,29,31-32,34-36,38,40-42,44-45,47-54H2,1-3H3/b11-8-,19-17-,22-20-,25-23-,28-26-,33-30-,39-37-,46-43-. The number of hydrogen-bond donors (Lipinski definition) is 0. The molecule has 0 aliphatic rings. The summed E-state index contributed by atoms with van der Waals surface area (Å²) in [5.74, 6) is -1.01. The molecule has 0 heterocycles. The van der Waals surface area contributed by atoms with Crippen molar-refractivity contribution < 1.29 is 28.6 Å². The van der Waals surface area contributed by atoms with Gasteiger partial charge in [0.15, 0.2) is 6.10 Å². The molecule has 0 radical (unpaired) electrons.